The minimum atomic E-state index is -4.71. The Hall–Kier alpha value is -0.850. The number of carbonyl (C=O) groups excluding carboxylic acids is 1. The quantitative estimate of drug-likeness (QED) is 0.768. The molecule has 0 aromatic carbocycles. The molecule has 2 N–H and O–H groups in total. The van der Waals surface area contributed by atoms with Crippen LogP contribution in [0.4, 0.5) is 17.6 Å². The molecular weight excluding hydrogens is 254 g/mol. The number of halogens is 4. The van der Waals surface area contributed by atoms with Crippen LogP contribution in [0.5, 0.6) is 0 Å². The van der Waals surface area contributed by atoms with E-state index >= 15 is 0 Å². The van der Waals surface area contributed by atoms with Gasteiger partial charge in [-0.2, -0.15) is 8.78 Å². The van der Waals surface area contributed by atoms with Crippen molar-refractivity contribution in [2.45, 2.75) is 50.6 Å². The van der Waals surface area contributed by atoms with Crippen LogP contribution < -0.4 is 5.32 Å². The van der Waals surface area contributed by atoms with Gasteiger partial charge in [-0.15, -0.1) is 0 Å². The van der Waals surface area contributed by atoms with Crippen molar-refractivity contribution in [3.05, 3.63) is 0 Å². The lowest BCUT2D eigenvalue weighted by atomic mass is 9.79. The van der Waals surface area contributed by atoms with Crippen LogP contribution in [0.15, 0.2) is 0 Å². The number of nitrogens with one attached hydrogen (secondary N) is 1. The van der Waals surface area contributed by atoms with Crippen LogP contribution in [0.25, 0.3) is 0 Å². The van der Waals surface area contributed by atoms with Crippen molar-refractivity contribution in [2.24, 2.45) is 5.92 Å². The van der Waals surface area contributed by atoms with Crippen molar-refractivity contribution in [3.63, 3.8) is 0 Å². The molecule has 0 aromatic rings. The van der Waals surface area contributed by atoms with Gasteiger partial charge in [-0.25, -0.2) is 8.78 Å². The Kier molecular flexibility index (Phi) is 4.58. The first kappa shape index (κ1) is 15.2. The first-order valence-corrected chi connectivity index (χ1v) is 5.84. The van der Waals surface area contributed by atoms with Crippen molar-refractivity contribution in [1.29, 1.82) is 0 Å². The number of hydrogen-bond donors (Lipinski definition) is 2. The normalized spacial score (nSPS) is 29.4. The molecule has 0 aliphatic heterocycles. The summed E-state index contributed by atoms with van der Waals surface area (Å²) in [5, 5.41) is 11.7. The van der Waals surface area contributed by atoms with E-state index in [1.807, 2.05) is 6.92 Å². The van der Waals surface area contributed by atoms with Gasteiger partial charge < -0.3 is 10.4 Å². The third-order valence-electron chi connectivity index (χ3n) is 3.36. The van der Waals surface area contributed by atoms with Crippen LogP contribution in [-0.2, 0) is 4.79 Å². The first-order valence-electron chi connectivity index (χ1n) is 5.84. The summed E-state index contributed by atoms with van der Waals surface area (Å²) >= 11 is 0. The van der Waals surface area contributed by atoms with Gasteiger partial charge in [0.25, 0.3) is 5.91 Å². The van der Waals surface area contributed by atoms with Gasteiger partial charge in [0, 0.05) is 6.54 Å². The summed E-state index contributed by atoms with van der Waals surface area (Å²) in [6, 6.07) is 0. The van der Waals surface area contributed by atoms with E-state index in [9.17, 15) is 27.5 Å². The van der Waals surface area contributed by atoms with Crippen LogP contribution >= 0.6 is 0 Å². The molecule has 0 bridgehead atoms. The summed E-state index contributed by atoms with van der Waals surface area (Å²) in [4.78, 5) is 10.9. The monoisotopic (exact) mass is 271 g/mol. The highest BCUT2D eigenvalue weighted by Crippen LogP contribution is 2.31. The van der Waals surface area contributed by atoms with E-state index in [1.54, 1.807) is 5.32 Å². The molecule has 0 atom stereocenters. The average molecular weight is 271 g/mol. The maximum Gasteiger partial charge on any atom is 0.383 e. The molecule has 0 saturated heterocycles. The van der Waals surface area contributed by atoms with Gasteiger partial charge >= 0.3 is 12.3 Å². The molecule has 1 saturated carbocycles. The van der Waals surface area contributed by atoms with Gasteiger partial charge in [-0.05, 0) is 31.6 Å². The van der Waals surface area contributed by atoms with Gasteiger partial charge in [0.05, 0.1) is 5.60 Å². The predicted molar refractivity (Wildman–Crippen MR) is 56.5 cm³/mol. The number of amides is 1. The molecule has 7 heteroatoms. The second kappa shape index (κ2) is 5.42. The van der Waals surface area contributed by atoms with Crippen molar-refractivity contribution in [2.75, 3.05) is 6.54 Å². The number of alkyl halides is 4. The lowest BCUT2D eigenvalue weighted by Gasteiger charge is -2.35. The smallest absolute Gasteiger partial charge is 0.383 e. The summed E-state index contributed by atoms with van der Waals surface area (Å²) in [6.07, 6.45) is -1.86. The zero-order valence-corrected chi connectivity index (χ0v) is 10.1. The van der Waals surface area contributed by atoms with Crippen LogP contribution in [0.2, 0.25) is 0 Å². The fourth-order valence-electron chi connectivity index (χ4n) is 1.94. The Morgan fingerprint density at radius 1 is 1.44 bits per heavy atom. The lowest BCUT2D eigenvalue weighted by Crippen LogP contribution is -2.51. The number of carbonyl (C=O) groups is 1. The Bertz CT molecular complexity index is 301. The molecule has 0 heterocycles. The molecule has 1 fully saturated rings. The maximum atomic E-state index is 12.6. The highest BCUT2D eigenvalue weighted by molar-refractivity contribution is 5.83. The molecule has 18 heavy (non-hydrogen) atoms. The molecule has 3 nitrogen and oxygen atoms in total. The van der Waals surface area contributed by atoms with E-state index < -0.39 is 30.4 Å². The van der Waals surface area contributed by atoms with Gasteiger partial charge in [-0.1, -0.05) is 6.92 Å². The topological polar surface area (TPSA) is 49.3 Å². The largest absolute Gasteiger partial charge is 0.388 e. The number of rotatable bonds is 4. The predicted octanol–water partition coefficient (Wildman–Crippen LogP) is 1.94. The van der Waals surface area contributed by atoms with E-state index in [4.69, 9.17) is 0 Å². The molecule has 1 aliphatic rings. The maximum absolute atomic E-state index is 12.6. The van der Waals surface area contributed by atoms with Gasteiger partial charge in [-0.3, -0.25) is 4.79 Å². The second-order valence-electron chi connectivity index (χ2n) is 5.01. The number of aliphatic hydroxyl groups is 1. The van der Waals surface area contributed by atoms with Crippen molar-refractivity contribution >= 4 is 5.91 Å². The fourth-order valence-corrected chi connectivity index (χ4v) is 1.94. The van der Waals surface area contributed by atoms with Crippen molar-refractivity contribution in [3.8, 4) is 0 Å². The minimum Gasteiger partial charge on any atom is -0.388 e. The summed E-state index contributed by atoms with van der Waals surface area (Å²) in [5.74, 6) is -6.31. The Labute approximate surface area is 103 Å². The molecule has 1 rings (SSSR count). The molecule has 1 aliphatic carbocycles. The third-order valence-corrected chi connectivity index (χ3v) is 3.36. The highest BCUT2D eigenvalue weighted by atomic mass is 19.3. The van der Waals surface area contributed by atoms with Crippen LogP contribution in [0.1, 0.15) is 32.6 Å². The van der Waals surface area contributed by atoms with Crippen molar-refractivity contribution < 1.29 is 27.5 Å². The summed E-state index contributed by atoms with van der Waals surface area (Å²) in [5.41, 5.74) is -1.26. The lowest BCUT2D eigenvalue weighted by molar-refractivity contribution is -0.170. The molecule has 0 spiro atoms. The van der Waals surface area contributed by atoms with E-state index in [-0.39, 0.29) is 0 Å². The molecule has 106 valence electrons. The standard InChI is InChI=1S/C11H17F4NO2/c1-7-2-4-10(18,5-3-7)6-16-9(17)11(14,15)8(12)13/h7-8,18H,2-6H2,1H3,(H,16,17). The van der Waals surface area contributed by atoms with E-state index in [1.165, 1.54) is 0 Å². The Morgan fingerprint density at radius 3 is 2.39 bits per heavy atom. The molecular formula is C11H17F4NO2. The summed E-state index contributed by atoms with van der Waals surface area (Å²) in [7, 11) is 0. The Balaban J connectivity index is 2.48. The van der Waals surface area contributed by atoms with Crippen molar-refractivity contribution in [1.82, 2.24) is 5.32 Å². The zero-order valence-electron chi connectivity index (χ0n) is 10.1. The van der Waals surface area contributed by atoms with E-state index in [0.29, 0.717) is 18.8 Å². The fraction of sp³-hybridized carbons (Fsp3) is 0.909. The molecule has 0 unspecified atom stereocenters. The van der Waals surface area contributed by atoms with Crippen LogP contribution in [-0.4, -0.2) is 35.5 Å². The van der Waals surface area contributed by atoms with Gasteiger partial charge in [0.15, 0.2) is 0 Å². The molecule has 0 aromatic heterocycles. The zero-order chi connectivity index (χ0) is 14.0. The third kappa shape index (κ3) is 3.57. The van der Waals surface area contributed by atoms with E-state index in [2.05, 4.69) is 0 Å². The minimum absolute atomic E-state index is 0.370. The Morgan fingerprint density at radius 2 is 1.94 bits per heavy atom. The molecule has 0 radical (unpaired) electrons. The summed E-state index contributed by atoms with van der Waals surface area (Å²) in [6.45, 7) is 1.59. The van der Waals surface area contributed by atoms with E-state index in [0.717, 1.165) is 12.8 Å². The average Bonchev–Trinajstić information content (AvgIpc) is 2.30. The SMILES string of the molecule is CC1CCC(O)(CNC(=O)C(F)(F)C(F)F)CC1. The summed E-state index contributed by atoms with van der Waals surface area (Å²) < 4.78 is 49.1. The van der Waals surface area contributed by atoms with Gasteiger partial charge in [0.2, 0.25) is 0 Å². The first-order chi connectivity index (χ1) is 8.17. The molecule has 1 amide bonds. The van der Waals surface area contributed by atoms with Crippen LogP contribution in [0.3, 0.4) is 0 Å². The van der Waals surface area contributed by atoms with Crippen LogP contribution in [0, 0.1) is 5.92 Å². The second-order valence-corrected chi connectivity index (χ2v) is 5.01. The number of hydrogen-bond acceptors (Lipinski definition) is 2. The van der Waals surface area contributed by atoms with Gasteiger partial charge in [0.1, 0.15) is 0 Å². The highest BCUT2D eigenvalue weighted by Gasteiger charge is 2.49.